The first-order valence-corrected chi connectivity index (χ1v) is 9.93. The van der Waals surface area contributed by atoms with Crippen molar-refractivity contribution in [1.82, 2.24) is 5.43 Å². The van der Waals surface area contributed by atoms with Gasteiger partial charge in [-0.3, -0.25) is 14.9 Å². The molecular weight excluding hydrogens is 481 g/mol. The second kappa shape index (κ2) is 10.2. The Labute approximate surface area is 196 Å². The molecule has 1 N–H and O–H groups in total. The predicted molar refractivity (Wildman–Crippen MR) is 121 cm³/mol. The van der Waals surface area contributed by atoms with Gasteiger partial charge in [-0.2, -0.15) is 5.10 Å². The number of nitro groups is 1. The highest BCUT2D eigenvalue weighted by Gasteiger charge is 2.22. The Hall–Kier alpha value is -3.46. The van der Waals surface area contributed by atoms with Gasteiger partial charge in [-0.05, 0) is 48.5 Å². The minimum atomic E-state index is -0.831. The Kier molecular flexibility index (Phi) is 7.42. The fraction of sp³-hybridized carbons (Fsp3) is 0. The van der Waals surface area contributed by atoms with Crippen molar-refractivity contribution in [2.75, 3.05) is 0 Å². The Morgan fingerprint density at radius 3 is 2.34 bits per heavy atom. The number of para-hydroxylation sites is 1. The summed E-state index contributed by atoms with van der Waals surface area (Å²) in [7, 11) is 0. The number of amides is 1. The largest absolute Gasteiger partial charge is 0.415 e. The van der Waals surface area contributed by atoms with Crippen LogP contribution in [0.3, 0.4) is 0 Å². The zero-order valence-electron chi connectivity index (χ0n) is 15.9. The average molecular weight is 493 g/mol. The summed E-state index contributed by atoms with van der Waals surface area (Å²) in [6.07, 6.45) is 1.11. The molecule has 0 aliphatic carbocycles. The molecule has 0 saturated heterocycles. The Balaban J connectivity index is 1.85. The number of carbonyl (C=O) groups is 2. The summed E-state index contributed by atoms with van der Waals surface area (Å²) in [6.45, 7) is 0. The second-order valence-electron chi connectivity index (χ2n) is 6.17. The molecule has 0 bridgehead atoms. The highest BCUT2D eigenvalue weighted by atomic mass is 35.5. The first-order chi connectivity index (χ1) is 15.3. The van der Waals surface area contributed by atoms with Crippen molar-refractivity contribution in [2.24, 2.45) is 5.10 Å². The van der Waals surface area contributed by atoms with E-state index in [1.54, 1.807) is 0 Å². The number of hydrogen-bond donors (Lipinski definition) is 1. The van der Waals surface area contributed by atoms with Gasteiger partial charge in [-0.25, -0.2) is 10.2 Å². The van der Waals surface area contributed by atoms with Crippen LogP contribution in [0.5, 0.6) is 5.75 Å². The molecular formula is C21H12Cl3N3O5. The van der Waals surface area contributed by atoms with Crippen molar-refractivity contribution in [2.45, 2.75) is 0 Å². The summed E-state index contributed by atoms with van der Waals surface area (Å²) in [6, 6.07) is 14.1. The van der Waals surface area contributed by atoms with Crippen LogP contribution in [0, 0.1) is 10.1 Å². The van der Waals surface area contributed by atoms with Crippen molar-refractivity contribution in [3.8, 4) is 5.75 Å². The summed E-state index contributed by atoms with van der Waals surface area (Å²) in [5, 5.41) is 16.1. The van der Waals surface area contributed by atoms with E-state index in [1.807, 2.05) is 0 Å². The number of nitro benzene ring substituents is 1. The molecule has 0 fully saturated rings. The number of rotatable bonds is 6. The molecule has 0 radical (unpaired) electrons. The lowest BCUT2D eigenvalue weighted by molar-refractivity contribution is -0.385. The first-order valence-electron chi connectivity index (χ1n) is 8.80. The Morgan fingerprint density at radius 2 is 1.69 bits per heavy atom. The predicted octanol–water partition coefficient (Wildman–Crippen LogP) is 5.54. The molecule has 0 saturated carbocycles. The third-order valence-electron chi connectivity index (χ3n) is 4.04. The van der Waals surface area contributed by atoms with Gasteiger partial charge in [-0.1, -0.05) is 40.9 Å². The van der Waals surface area contributed by atoms with Crippen LogP contribution in [0.15, 0.2) is 65.8 Å². The van der Waals surface area contributed by atoms with E-state index in [1.165, 1.54) is 60.7 Å². The quantitative estimate of drug-likeness (QED) is 0.160. The maximum atomic E-state index is 12.5. The third kappa shape index (κ3) is 5.61. The lowest BCUT2D eigenvalue weighted by atomic mass is 10.2. The summed E-state index contributed by atoms with van der Waals surface area (Å²) >= 11 is 17.6. The zero-order valence-corrected chi connectivity index (χ0v) is 18.2. The van der Waals surface area contributed by atoms with E-state index in [0.29, 0.717) is 10.0 Å². The normalized spacial score (nSPS) is 10.7. The maximum absolute atomic E-state index is 12.5. The number of halogens is 3. The molecule has 32 heavy (non-hydrogen) atoms. The molecule has 0 aliphatic rings. The van der Waals surface area contributed by atoms with Crippen LogP contribution in [-0.2, 0) is 0 Å². The highest BCUT2D eigenvalue weighted by molar-refractivity contribution is 6.36. The molecule has 0 aliphatic heterocycles. The molecule has 0 aromatic heterocycles. The molecule has 8 nitrogen and oxygen atoms in total. The van der Waals surface area contributed by atoms with Crippen molar-refractivity contribution >= 4 is 58.6 Å². The molecule has 3 aromatic rings. The molecule has 3 aromatic carbocycles. The van der Waals surface area contributed by atoms with Gasteiger partial charge < -0.3 is 4.74 Å². The Bertz CT molecular complexity index is 1230. The molecule has 162 valence electrons. The van der Waals surface area contributed by atoms with Gasteiger partial charge in [0.2, 0.25) is 5.75 Å². The van der Waals surface area contributed by atoms with Crippen LogP contribution in [0.2, 0.25) is 15.1 Å². The summed E-state index contributed by atoms with van der Waals surface area (Å²) in [5.74, 6) is -1.80. The average Bonchev–Trinajstić information content (AvgIpc) is 2.74. The van der Waals surface area contributed by atoms with Gasteiger partial charge >= 0.3 is 11.7 Å². The molecule has 1 amide bonds. The highest BCUT2D eigenvalue weighted by Crippen LogP contribution is 2.31. The number of benzene rings is 3. The van der Waals surface area contributed by atoms with Crippen LogP contribution in [0.4, 0.5) is 5.69 Å². The molecule has 3 rings (SSSR count). The summed E-state index contributed by atoms with van der Waals surface area (Å²) < 4.78 is 5.27. The van der Waals surface area contributed by atoms with E-state index < -0.39 is 22.5 Å². The van der Waals surface area contributed by atoms with Crippen molar-refractivity contribution in [1.29, 1.82) is 0 Å². The smallest absolute Gasteiger partial charge is 0.343 e. The number of nitrogens with zero attached hydrogens (tertiary/aromatic N) is 2. The monoisotopic (exact) mass is 491 g/mol. The van der Waals surface area contributed by atoms with Gasteiger partial charge in [0.1, 0.15) is 0 Å². The molecule has 0 atom stereocenters. The number of hydrogen-bond acceptors (Lipinski definition) is 6. The summed E-state index contributed by atoms with van der Waals surface area (Å²) in [5.41, 5.74) is 2.15. The standard InChI is InChI=1S/C21H12Cl3N3O5/c22-14-6-4-12(5-7-14)21(29)32-19-13(2-1-3-18(19)27(30)31)11-25-26-20(28)16-9-8-15(23)10-17(16)24/h1-11H,(H,26,28)/b25-11+. The van der Waals surface area contributed by atoms with Crippen molar-refractivity contribution in [3.63, 3.8) is 0 Å². The molecule has 0 heterocycles. The van der Waals surface area contributed by atoms with Gasteiger partial charge in [0.15, 0.2) is 0 Å². The number of carbonyl (C=O) groups excluding carboxylic acids is 2. The molecule has 11 heteroatoms. The van der Waals surface area contributed by atoms with E-state index >= 15 is 0 Å². The molecule has 0 unspecified atom stereocenters. The van der Waals surface area contributed by atoms with Crippen LogP contribution in [0.1, 0.15) is 26.3 Å². The topological polar surface area (TPSA) is 111 Å². The SMILES string of the molecule is O=C(Oc1c(/C=N/NC(=O)c2ccc(Cl)cc2Cl)cccc1[N+](=O)[O-])c1ccc(Cl)cc1. The van der Waals surface area contributed by atoms with Crippen LogP contribution >= 0.6 is 34.8 Å². The fourth-order valence-corrected chi connectivity index (χ4v) is 3.15. The number of ether oxygens (including phenoxy) is 1. The van der Waals surface area contributed by atoms with Gasteiger partial charge in [-0.15, -0.1) is 0 Å². The Morgan fingerprint density at radius 1 is 1.00 bits per heavy atom. The van der Waals surface area contributed by atoms with E-state index in [-0.39, 0.29) is 27.5 Å². The van der Waals surface area contributed by atoms with Gasteiger partial charge in [0.05, 0.1) is 27.3 Å². The number of esters is 1. The minimum Gasteiger partial charge on any atom is -0.415 e. The summed E-state index contributed by atoms with van der Waals surface area (Å²) in [4.78, 5) is 35.4. The van der Waals surface area contributed by atoms with Crippen molar-refractivity contribution < 1.29 is 19.2 Å². The number of nitrogens with one attached hydrogen (secondary N) is 1. The van der Waals surface area contributed by atoms with Gasteiger partial charge in [0.25, 0.3) is 5.91 Å². The van der Waals surface area contributed by atoms with Crippen molar-refractivity contribution in [3.05, 3.63) is 103 Å². The number of hydrazone groups is 1. The fourth-order valence-electron chi connectivity index (χ4n) is 2.53. The van der Waals surface area contributed by atoms with E-state index in [9.17, 15) is 19.7 Å². The van der Waals surface area contributed by atoms with Gasteiger partial charge in [0, 0.05) is 21.7 Å². The lowest BCUT2D eigenvalue weighted by Gasteiger charge is -2.08. The van der Waals surface area contributed by atoms with Crippen LogP contribution in [-0.4, -0.2) is 23.0 Å². The minimum absolute atomic E-state index is 0.0871. The van der Waals surface area contributed by atoms with Crippen LogP contribution in [0.25, 0.3) is 0 Å². The zero-order chi connectivity index (χ0) is 23.3. The van der Waals surface area contributed by atoms with E-state index in [2.05, 4.69) is 10.5 Å². The first kappa shape index (κ1) is 23.2. The maximum Gasteiger partial charge on any atom is 0.343 e. The third-order valence-corrected chi connectivity index (χ3v) is 4.84. The van der Waals surface area contributed by atoms with E-state index in [0.717, 1.165) is 6.21 Å². The van der Waals surface area contributed by atoms with E-state index in [4.69, 9.17) is 39.5 Å². The van der Waals surface area contributed by atoms with Crippen LogP contribution < -0.4 is 10.2 Å². The lowest BCUT2D eigenvalue weighted by Crippen LogP contribution is -2.18. The second-order valence-corrected chi connectivity index (χ2v) is 7.45. The molecule has 0 spiro atoms.